The summed E-state index contributed by atoms with van der Waals surface area (Å²) >= 11 is 0. The topological polar surface area (TPSA) is 26.0 Å². The molecule has 1 nitrogen and oxygen atoms in total. The largest absolute Gasteiger partial charge is 0.330 e. The molecule has 10 heavy (non-hydrogen) atoms. The van der Waals surface area contributed by atoms with Crippen LogP contribution in [0.25, 0.3) is 0 Å². The number of hydrogen-bond acceptors (Lipinski definition) is 1. The Morgan fingerprint density at radius 2 is 2.50 bits per heavy atom. The number of allylic oxidation sites excluding steroid dienone is 3. The van der Waals surface area contributed by atoms with Gasteiger partial charge in [-0.25, -0.2) is 0 Å². The van der Waals surface area contributed by atoms with Crippen molar-refractivity contribution in [3.8, 4) is 0 Å². The fourth-order valence-electron chi connectivity index (χ4n) is 1.26. The first-order valence-electron chi connectivity index (χ1n) is 3.90. The van der Waals surface area contributed by atoms with E-state index in [9.17, 15) is 0 Å². The minimum absolute atomic E-state index is 0.714. The van der Waals surface area contributed by atoms with Crippen molar-refractivity contribution in [3.63, 3.8) is 0 Å². The van der Waals surface area contributed by atoms with Crippen LogP contribution in [0.15, 0.2) is 23.8 Å². The minimum Gasteiger partial charge on any atom is -0.330 e. The molecule has 1 atom stereocenters. The lowest BCUT2D eigenvalue weighted by Gasteiger charge is -2.10. The summed E-state index contributed by atoms with van der Waals surface area (Å²) in [5, 5.41) is 0. The molecule has 0 aliphatic heterocycles. The second-order valence-electron chi connectivity index (χ2n) is 2.90. The summed E-state index contributed by atoms with van der Waals surface area (Å²) in [6.45, 7) is 3.00. The van der Waals surface area contributed by atoms with Crippen LogP contribution in [0.3, 0.4) is 0 Å². The van der Waals surface area contributed by atoms with Crippen molar-refractivity contribution in [1.29, 1.82) is 0 Å². The van der Waals surface area contributed by atoms with Gasteiger partial charge in [0.15, 0.2) is 0 Å². The summed E-state index contributed by atoms with van der Waals surface area (Å²) in [4.78, 5) is 0. The molecule has 0 radical (unpaired) electrons. The van der Waals surface area contributed by atoms with E-state index in [0.717, 1.165) is 13.0 Å². The Kier molecular flexibility index (Phi) is 2.69. The van der Waals surface area contributed by atoms with Crippen molar-refractivity contribution in [3.05, 3.63) is 23.8 Å². The molecule has 0 bridgehead atoms. The van der Waals surface area contributed by atoms with Crippen LogP contribution in [-0.4, -0.2) is 6.54 Å². The van der Waals surface area contributed by atoms with Crippen LogP contribution in [0, 0.1) is 5.92 Å². The first-order chi connectivity index (χ1) is 4.83. The predicted molar refractivity (Wildman–Crippen MR) is 44.7 cm³/mol. The van der Waals surface area contributed by atoms with E-state index in [1.807, 2.05) is 0 Å². The molecule has 0 amide bonds. The van der Waals surface area contributed by atoms with Gasteiger partial charge in [-0.1, -0.05) is 30.7 Å². The molecular formula is C9H15N. The third-order valence-corrected chi connectivity index (χ3v) is 1.77. The minimum atomic E-state index is 0.714. The average molecular weight is 137 g/mol. The molecule has 1 unspecified atom stereocenters. The second kappa shape index (κ2) is 3.57. The zero-order chi connectivity index (χ0) is 7.40. The van der Waals surface area contributed by atoms with E-state index in [1.54, 1.807) is 0 Å². The van der Waals surface area contributed by atoms with Gasteiger partial charge in [0.25, 0.3) is 0 Å². The van der Waals surface area contributed by atoms with E-state index in [-0.39, 0.29) is 0 Å². The molecule has 1 rings (SSSR count). The highest BCUT2D eigenvalue weighted by Gasteiger charge is 2.01. The first kappa shape index (κ1) is 7.55. The third-order valence-electron chi connectivity index (χ3n) is 1.77. The summed E-state index contributed by atoms with van der Waals surface area (Å²) in [6.07, 6.45) is 8.95. The molecule has 2 N–H and O–H groups in total. The van der Waals surface area contributed by atoms with Gasteiger partial charge in [0.05, 0.1) is 0 Å². The van der Waals surface area contributed by atoms with Crippen molar-refractivity contribution in [2.24, 2.45) is 11.7 Å². The molecule has 1 aliphatic rings. The van der Waals surface area contributed by atoms with Crippen LogP contribution in [0.1, 0.15) is 19.8 Å². The molecular weight excluding hydrogens is 122 g/mol. The standard InChI is InChI=1S/C9H15N/c1-8-3-2-4-9(7-8)5-6-10/h2,4,7-8H,3,5-6,10H2,1H3. The maximum absolute atomic E-state index is 5.43. The fourth-order valence-corrected chi connectivity index (χ4v) is 1.26. The lowest BCUT2D eigenvalue weighted by atomic mass is 9.96. The third kappa shape index (κ3) is 1.99. The molecule has 0 saturated carbocycles. The highest BCUT2D eigenvalue weighted by Crippen LogP contribution is 2.17. The van der Waals surface area contributed by atoms with E-state index < -0.39 is 0 Å². The monoisotopic (exact) mass is 137 g/mol. The second-order valence-corrected chi connectivity index (χ2v) is 2.90. The fraction of sp³-hybridized carbons (Fsp3) is 0.556. The normalized spacial score (nSPS) is 24.6. The number of rotatable bonds is 2. The van der Waals surface area contributed by atoms with Gasteiger partial charge in [0.1, 0.15) is 0 Å². The van der Waals surface area contributed by atoms with Gasteiger partial charge in [0.2, 0.25) is 0 Å². The first-order valence-corrected chi connectivity index (χ1v) is 3.90. The Balaban J connectivity index is 2.49. The molecule has 56 valence electrons. The molecule has 0 aromatic rings. The van der Waals surface area contributed by atoms with Gasteiger partial charge in [-0.3, -0.25) is 0 Å². The Morgan fingerprint density at radius 3 is 3.10 bits per heavy atom. The van der Waals surface area contributed by atoms with Crippen LogP contribution in [0.4, 0.5) is 0 Å². The molecule has 0 aromatic heterocycles. The van der Waals surface area contributed by atoms with E-state index in [0.29, 0.717) is 5.92 Å². The van der Waals surface area contributed by atoms with Crippen LogP contribution in [0.5, 0.6) is 0 Å². The maximum atomic E-state index is 5.43. The van der Waals surface area contributed by atoms with E-state index in [4.69, 9.17) is 5.73 Å². The van der Waals surface area contributed by atoms with Crippen molar-refractivity contribution in [2.75, 3.05) is 6.54 Å². The zero-order valence-electron chi connectivity index (χ0n) is 6.51. The van der Waals surface area contributed by atoms with Gasteiger partial charge in [-0.2, -0.15) is 0 Å². The molecule has 0 aromatic carbocycles. The summed E-state index contributed by atoms with van der Waals surface area (Å²) in [7, 11) is 0. The summed E-state index contributed by atoms with van der Waals surface area (Å²) in [5.74, 6) is 0.714. The van der Waals surface area contributed by atoms with Crippen molar-refractivity contribution >= 4 is 0 Å². The summed E-state index contributed by atoms with van der Waals surface area (Å²) < 4.78 is 0. The summed E-state index contributed by atoms with van der Waals surface area (Å²) in [5.41, 5.74) is 6.83. The highest BCUT2D eigenvalue weighted by atomic mass is 14.5. The number of nitrogens with two attached hydrogens (primary N) is 1. The van der Waals surface area contributed by atoms with Gasteiger partial charge in [-0.15, -0.1) is 0 Å². The van der Waals surface area contributed by atoms with Gasteiger partial charge in [-0.05, 0) is 25.3 Å². The van der Waals surface area contributed by atoms with Crippen molar-refractivity contribution in [2.45, 2.75) is 19.8 Å². The molecule has 0 saturated heterocycles. The van der Waals surface area contributed by atoms with Crippen LogP contribution in [-0.2, 0) is 0 Å². The zero-order valence-corrected chi connectivity index (χ0v) is 6.51. The van der Waals surface area contributed by atoms with Gasteiger partial charge in [0, 0.05) is 0 Å². The van der Waals surface area contributed by atoms with Gasteiger partial charge < -0.3 is 5.73 Å². The van der Waals surface area contributed by atoms with Crippen molar-refractivity contribution in [1.82, 2.24) is 0 Å². The number of hydrogen-bond donors (Lipinski definition) is 1. The lowest BCUT2D eigenvalue weighted by Crippen LogP contribution is -2.02. The average Bonchev–Trinajstić information content (AvgIpc) is 1.88. The molecule has 0 heterocycles. The van der Waals surface area contributed by atoms with E-state index >= 15 is 0 Å². The molecule has 1 aliphatic carbocycles. The van der Waals surface area contributed by atoms with E-state index in [2.05, 4.69) is 25.2 Å². The quantitative estimate of drug-likeness (QED) is 0.617. The molecule has 0 spiro atoms. The van der Waals surface area contributed by atoms with Crippen LogP contribution < -0.4 is 5.73 Å². The predicted octanol–water partition coefficient (Wildman–Crippen LogP) is 1.86. The van der Waals surface area contributed by atoms with Gasteiger partial charge >= 0.3 is 0 Å². The molecule has 0 fully saturated rings. The van der Waals surface area contributed by atoms with Crippen LogP contribution in [0.2, 0.25) is 0 Å². The maximum Gasteiger partial charge on any atom is -0.00368 e. The molecule has 1 heteroatoms. The highest BCUT2D eigenvalue weighted by molar-refractivity contribution is 5.23. The Bertz CT molecular complexity index is 156. The SMILES string of the molecule is CC1C=C(CCN)C=CC1. The smallest absolute Gasteiger partial charge is 0.00368 e. The Hall–Kier alpha value is -0.560. The lowest BCUT2D eigenvalue weighted by molar-refractivity contribution is 0.721. The van der Waals surface area contributed by atoms with Crippen molar-refractivity contribution < 1.29 is 0 Å². The Morgan fingerprint density at radius 1 is 1.70 bits per heavy atom. The summed E-state index contributed by atoms with van der Waals surface area (Å²) in [6, 6.07) is 0. The van der Waals surface area contributed by atoms with Crippen LogP contribution >= 0.6 is 0 Å². The van der Waals surface area contributed by atoms with E-state index in [1.165, 1.54) is 12.0 Å². The Labute approximate surface area is 62.6 Å².